The van der Waals surface area contributed by atoms with Gasteiger partial charge in [-0.2, -0.15) is 0 Å². The fraction of sp³-hybridized carbons (Fsp3) is 0.0556. The normalized spacial score (nSPS) is 11.3. The maximum absolute atomic E-state index is 12.4. The molecule has 2 heterocycles. The second-order valence-electron chi connectivity index (χ2n) is 5.08. The zero-order valence-corrected chi connectivity index (χ0v) is 11.4. The van der Waals surface area contributed by atoms with E-state index in [1.54, 1.807) is 18.4 Å². The van der Waals surface area contributed by atoms with Crippen molar-refractivity contribution in [2.75, 3.05) is 0 Å². The van der Waals surface area contributed by atoms with Gasteiger partial charge in [-0.25, -0.2) is 0 Å². The van der Waals surface area contributed by atoms with E-state index in [0.29, 0.717) is 16.7 Å². The number of rotatable bonds is 1. The van der Waals surface area contributed by atoms with Crippen LogP contribution in [0.2, 0.25) is 0 Å². The number of aryl methyl sites for hydroxylation is 1. The molecule has 0 amide bonds. The molecule has 3 nitrogen and oxygen atoms in total. The van der Waals surface area contributed by atoms with Gasteiger partial charge in [0.2, 0.25) is 0 Å². The first-order valence-corrected chi connectivity index (χ1v) is 6.74. The molecular formula is C18H12O3. The molecule has 102 valence electrons. The van der Waals surface area contributed by atoms with E-state index >= 15 is 0 Å². The van der Waals surface area contributed by atoms with E-state index in [0.717, 1.165) is 22.1 Å². The van der Waals surface area contributed by atoms with Crippen LogP contribution in [0.15, 0.2) is 68.4 Å². The summed E-state index contributed by atoms with van der Waals surface area (Å²) in [6.45, 7) is 1.94. The highest BCUT2D eigenvalue weighted by atomic mass is 16.3. The molecule has 0 N–H and O–H groups in total. The maximum atomic E-state index is 12.4. The second-order valence-corrected chi connectivity index (χ2v) is 5.08. The first kappa shape index (κ1) is 12.0. The highest BCUT2D eigenvalue weighted by Gasteiger charge is 2.13. The van der Waals surface area contributed by atoms with Crippen LogP contribution >= 0.6 is 0 Å². The topological polar surface area (TPSA) is 43.4 Å². The van der Waals surface area contributed by atoms with Crippen molar-refractivity contribution in [1.82, 2.24) is 0 Å². The van der Waals surface area contributed by atoms with Crippen molar-refractivity contribution in [3.05, 3.63) is 70.6 Å². The molecule has 0 bridgehead atoms. The average molecular weight is 276 g/mol. The van der Waals surface area contributed by atoms with Crippen LogP contribution in [0.5, 0.6) is 0 Å². The lowest BCUT2D eigenvalue weighted by Gasteiger charge is -2.04. The van der Waals surface area contributed by atoms with Crippen LogP contribution in [0.4, 0.5) is 0 Å². The number of hydrogen-bond donors (Lipinski definition) is 0. The van der Waals surface area contributed by atoms with Crippen molar-refractivity contribution < 1.29 is 8.83 Å². The van der Waals surface area contributed by atoms with Crippen LogP contribution in [-0.2, 0) is 0 Å². The smallest absolute Gasteiger partial charge is 0.193 e. The Balaban J connectivity index is 2.15. The summed E-state index contributed by atoms with van der Waals surface area (Å²) in [5.74, 6) is 0.571. The number of hydrogen-bond acceptors (Lipinski definition) is 3. The predicted molar refractivity (Wildman–Crippen MR) is 82.4 cm³/mol. The third-order valence-corrected chi connectivity index (χ3v) is 3.67. The lowest BCUT2D eigenvalue weighted by molar-refractivity contribution is 0.610. The third kappa shape index (κ3) is 1.78. The standard InChI is InChI=1S/C18H12O3/c1-11-10-20-15-8-7-13-14(19)9-16(21-18(13)17(11)15)12-5-3-2-4-6-12/h2-10H,1H3. The number of fused-ring (bicyclic) bond motifs is 3. The predicted octanol–water partition coefficient (Wildman–Crippen LogP) is 4.51. The quantitative estimate of drug-likeness (QED) is 0.513. The summed E-state index contributed by atoms with van der Waals surface area (Å²) >= 11 is 0. The molecular weight excluding hydrogens is 264 g/mol. The molecule has 0 fully saturated rings. The molecule has 0 unspecified atom stereocenters. The minimum atomic E-state index is -0.0439. The van der Waals surface area contributed by atoms with Gasteiger partial charge in [0.1, 0.15) is 16.9 Å². The lowest BCUT2D eigenvalue weighted by atomic mass is 10.1. The van der Waals surface area contributed by atoms with Crippen LogP contribution in [0.1, 0.15) is 5.56 Å². The molecule has 0 radical (unpaired) electrons. The molecule has 2 aromatic carbocycles. The third-order valence-electron chi connectivity index (χ3n) is 3.67. The van der Waals surface area contributed by atoms with E-state index in [2.05, 4.69) is 0 Å². The molecule has 0 aliphatic carbocycles. The van der Waals surface area contributed by atoms with Crippen molar-refractivity contribution >= 4 is 21.9 Å². The summed E-state index contributed by atoms with van der Waals surface area (Å²) in [5, 5.41) is 1.44. The van der Waals surface area contributed by atoms with E-state index < -0.39 is 0 Å². The Morgan fingerprint density at radius 1 is 1.00 bits per heavy atom. The van der Waals surface area contributed by atoms with E-state index in [9.17, 15) is 4.79 Å². The van der Waals surface area contributed by atoms with Crippen LogP contribution < -0.4 is 5.43 Å². The number of benzene rings is 2. The Morgan fingerprint density at radius 2 is 1.81 bits per heavy atom. The lowest BCUT2D eigenvalue weighted by Crippen LogP contribution is -2.00. The first-order chi connectivity index (χ1) is 10.2. The molecule has 4 aromatic rings. The van der Waals surface area contributed by atoms with Gasteiger partial charge in [-0.1, -0.05) is 30.3 Å². The Kier molecular flexibility index (Phi) is 2.48. The van der Waals surface area contributed by atoms with Gasteiger partial charge in [0.15, 0.2) is 5.43 Å². The molecule has 3 heteroatoms. The minimum Gasteiger partial charge on any atom is -0.464 e. The van der Waals surface area contributed by atoms with Crippen molar-refractivity contribution in [1.29, 1.82) is 0 Å². The van der Waals surface area contributed by atoms with Crippen LogP contribution in [0.3, 0.4) is 0 Å². The van der Waals surface area contributed by atoms with Crippen molar-refractivity contribution in [3.63, 3.8) is 0 Å². The number of furan rings is 1. The van der Waals surface area contributed by atoms with Gasteiger partial charge < -0.3 is 8.83 Å². The zero-order chi connectivity index (χ0) is 14.4. The molecule has 21 heavy (non-hydrogen) atoms. The molecule has 0 aliphatic rings. The van der Waals surface area contributed by atoms with E-state index in [-0.39, 0.29) is 5.43 Å². The highest BCUT2D eigenvalue weighted by molar-refractivity contribution is 6.04. The van der Waals surface area contributed by atoms with Gasteiger partial charge in [0.05, 0.1) is 17.0 Å². The van der Waals surface area contributed by atoms with E-state index in [1.807, 2.05) is 43.3 Å². The molecule has 4 rings (SSSR count). The molecule has 2 aromatic heterocycles. The monoisotopic (exact) mass is 276 g/mol. The molecule has 0 saturated heterocycles. The van der Waals surface area contributed by atoms with Gasteiger partial charge in [0, 0.05) is 11.6 Å². The summed E-state index contributed by atoms with van der Waals surface area (Å²) in [4.78, 5) is 12.4. The van der Waals surface area contributed by atoms with Gasteiger partial charge in [-0.3, -0.25) is 4.79 Å². The summed E-state index contributed by atoms with van der Waals surface area (Å²) in [5.41, 5.74) is 3.12. The fourth-order valence-corrected chi connectivity index (χ4v) is 2.63. The summed E-state index contributed by atoms with van der Waals surface area (Å²) in [7, 11) is 0. The summed E-state index contributed by atoms with van der Waals surface area (Å²) in [6, 6.07) is 14.7. The Labute approximate surface area is 120 Å². The average Bonchev–Trinajstić information content (AvgIpc) is 2.90. The van der Waals surface area contributed by atoms with Gasteiger partial charge in [-0.05, 0) is 24.6 Å². The van der Waals surface area contributed by atoms with E-state index in [1.165, 1.54) is 0 Å². The minimum absolute atomic E-state index is 0.0439. The van der Waals surface area contributed by atoms with Crippen LogP contribution in [-0.4, -0.2) is 0 Å². The van der Waals surface area contributed by atoms with Crippen molar-refractivity contribution in [2.45, 2.75) is 6.92 Å². The summed E-state index contributed by atoms with van der Waals surface area (Å²) < 4.78 is 11.5. The van der Waals surface area contributed by atoms with Gasteiger partial charge in [-0.15, -0.1) is 0 Å². The van der Waals surface area contributed by atoms with Crippen molar-refractivity contribution in [2.24, 2.45) is 0 Å². The van der Waals surface area contributed by atoms with E-state index in [4.69, 9.17) is 8.83 Å². The molecule has 0 aliphatic heterocycles. The molecule has 0 spiro atoms. The highest BCUT2D eigenvalue weighted by Crippen LogP contribution is 2.30. The maximum Gasteiger partial charge on any atom is 0.193 e. The molecule has 0 saturated carbocycles. The Morgan fingerprint density at radius 3 is 2.62 bits per heavy atom. The largest absolute Gasteiger partial charge is 0.464 e. The van der Waals surface area contributed by atoms with Crippen LogP contribution in [0, 0.1) is 6.92 Å². The summed E-state index contributed by atoms with van der Waals surface area (Å²) in [6.07, 6.45) is 1.68. The second kappa shape index (κ2) is 4.35. The molecule has 0 atom stereocenters. The van der Waals surface area contributed by atoms with Crippen LogP contribution in [0.25, 0.3) is 33.3 Å². The first-order valence-electron chi connectivity index (χ1n) is 6.74. The van der Waals surface area contributed by atoms with Crippen molar-refractivity contribution in [3.8, 4) is 11.3 Å². The SMILES string of the molecule is Cc1coc2ccc3c(=O)cc(-c4ccccc4)oc3c12. The van der Waals surface area contributed by atoms with Gasteiger partial charge >= 0.3 is 0 Å². The zero-order valence-electron chi connectivity index (χ0n) is 11.4. The van der Waals surface area contributed by atoms with Gasteiger partial charge in [0.25, 0.3) is 0 Å². The Bertz CT molecular complexity index is 1010. The fourth-order valence-electron chi connectivity index (χ4n) is 2.63. The Hall–Kier alpha value is -2.81.